The van der Waals surface area contributed by atoms with Gasteiger partial charge >= 0.3 is 6.03 Å². The molecule has 41 heavy (non-hydrogen) atoms. The highest BCUT2D eigenvalue weighted by Crippen LogP contribution is 2.41. The molecular weight excluding hydrogens is 518 g/mol. The number of hydrogen-bond acceptors (Lipinski definition) is 6. The van der Waals surface area contributed by atoms with E-state index in [1.807, 2.05) is 49.9 Å². The summed E-state index contributed by atoms with van der Waals surface area (Å²) in [6.45, 7) is 14.0. The van der Waals surface area contributed by atoms with Gasteiger partial charge < -0.3 is 29.2 Å². The highest BCUT2D eigenvalue weighted by molar-refractivity contribution is 5.89. The summed E-state index contributed by atoms with van der Waals surface area (Å²) >= 11 is 0. The number of benzene rings is 1. The van der Waals surface area contributed by atoms with E-state index in [0.29, 0.717) is 19.7 Å². The molecule has 3 heterocycles. The van der Waals surface area contributed by atoms with Crippen LogP contribution in [-0.4, -0.2) is 85.0 Å². The Hall–Kier alpha value is -1.71. The Morgan fingerprint density at radius 1 is 0.927 bits per heavy atom. The molecule has 3 aliphatic rings. The Labute approximate surface area is 248 Å². The second kappa shape index (κ2) is 15.7. The zero-order chi connectivity index (χ0) is 29.2. The normalized spacial score (nSPS) is 26.7. The van der Waals surface area contributed by atoms with E-state index in [1.54, 1.807) is 0 Å². The lowest BCUT2D eigenvalue weighted by Crippen LogP contribution is -2.56. The van der Waals surface area contributed by atoms with Gasteiger partial charge in [-0.2, -0.15) is 0 Å². The fourth-order valence-electron chi connectivity index (χ4n) is 6.28. The molecule has 8 heteroatoms. The van der Waals surface area contributed by atoms with E-state index in [4.69, 9.17) is 18.9 Å². The summed E-state index contributed by atoms with van der Waals surface area (Å²) < 4.78 is 25.3. The third kappa shape index (κ3) is 9.39. The predicted octanol–water partition coefficient (Wildman–Crippen LogP) is 6.72. The first kappa shape index (κ1) is 32.2. The highest BCUT2D eigenvalue weighted by Gasteiger charge is 2.57. The van der Waals surface area contributed by atoms with Crippen LogP contribution in [0.4, 0.5) is 10.5 Å². The minimum atomic E-state index is -0.650. The van der Waals surface area contributed by atoms with Crippen molar-refractivity contribution < 1.29 is 23.7 Å². The molecule has 232 valence electrons. The molecule has 1 aromatic carbocycles. The molecule has 2 amide bonds. The number of fused-ring (bicyclic) bond motifs is 1. The Kier molecular flexibility index (Phi) is 12.3. The van der Waals surface area contributed by atoms with Gasteiger partial charge in [0.1, 0.15) is 18.3 Å². The van der Waals surface area contributed by atoms with Crippen LogP contribution in [0.3, 0.4) is 0 Å². The minimum absolute atomic E-state index is 0.0481. The number of ether oxygens (including phenoxy) is 4. The molecule has 8 nitrogen and oxygen atoms in total. The van der Waals surface area contributed by atoms with E-state index in [9.17, 15) is 4.79 Å². The van der Waals surface area contributed by atoms with Crippen LogP contribution >= 0.6 is 0 Å². The maximum absolute atomic E-state index is 12.8. The number of carbonyl (C=O) groups is 1. The van der Waals surface area contributed by atoms with E-state index < -0.39 is 12.1 Å². The second-order valence-corrected chi connectivity index (χ2v) is 12.6. The lowest BCUT2D eigenvalue weighted by molar-refractivity contribution is -0.239. The third-order valence-corrected chi connectivity index (χ3v) is 8.78. The Morgan fingerprint density at radius 2 is 1.51 bits per heavy atom. The standard InChI is InChI=1S/C33H55N3O5/c1-6-7-8-9-10-11-12-13-14-15-24-38-31-30-29(40-33(4,5)41-30)28(39-31)26(3)35-20-22-36(23-21-35)32(37)34-27-18-16-25(2)17-19-27/h16-19,26,28-31H,6-15,20-24H2,1-5H3,(H,34,37)/t26-,28+,29-,30-,31-/m0/s1. The van der Waals surface area contributed by atoms with E-state index in [2.05, 4.69) is 24.1 Å². The number of nitrogens with zero attached hydrogens (tertiary/aromatic N) is 2. The molecular formula is C33H55N3O5. The van der Waals surface area contributed by atoms with E-state index in [-0.39, 0.29) is 30.4 Å². The topological polar surface area (TPSA) is 72.5 Å². The number of piperazine rings is 1. The third-order valence-electron chi connectivity index (χ3n) is 8.78. The molecule has 3 saturated heterocycles. The van der Waals surface area contributed by atoms with Crippen LogP contribution in [0.25, 0.3) is 0 Å². The number of urea groups is 1. The first-order valence-electron chi connectivity index (χ1n) is 16.3. The minimum Gasteiger partial charge on any atom is -0.350 e. The molecule has 0 aromatic heterocycles. The predicted molar refractivity (Wildman–Crippen MR) is 163 cm³/mol. The summed E-state index contributed by atoms with van der Waals surface area (Å²) in [7, 11) is 0. The molecule has 3 fully saturated rings. The van der Waals surface area contributed by atoms with Gasteiger partial charge in [0.05, 0.1) is 0 Å². The molecule has 4 rings (SSSR count). The van der Waals surface area contributed by atoms with Crippen LogP contribution in [-0.2, 0) is 18.9 Å². The van der Waals surface area contributed by atoms with Gasteiger partial charge in [0, 0.05) is 44.5 Å². The lowest BCUT2D eigenvalue weighted by Gasteiger charge is -2.40. The van der Waals surface area contributed by atoms with Gasteiger partial charge in [0.25, 0.3) is 0 Å². The zero-order valence-corrected chi connectivity index (χ0v) is 26.2. The van der Waals surface area contributed by atoms with Gasteiger partial charge in [0.15, 0.2) is 12.1 Å². The Bertz CT molecular complexity index is 918. The summed E-state index contributed by atoms with van der Waals surface area (Å²) in [4.78, 5) is 17.1. The van der Waals surface area contributed by atoms with Gasteiger partial charge in [-0.25, -0.2) is 4.79 Å². The summed E-state index contributed by atoms with van der Waals surface area (Å²) in [6.07, 6.45) is 12.1. The zero-order valence-electron chi connectivity index (χ0n) is 26.2. The van der Waals surface area contributed by atoms with E-state index in [0.717, 1.165) is 25.2 Å². The fraction of sp³-hybridized carbons (Fsp3) is 0.788. The molecule has 0 unspecified atom stereocenters. The molecule has 0 aliphatic carbocycles. The van der Waals surface area contributed by atoms with Crippen molar-refractivity contribution in [2.45, 2.75) is 135 Å². The van der Waals surface area contributed by atoms with Crippen LogP contribution < -0.4 is 5.32 Å². The Balaban J connectivity index is 1.19. The maximum atomic E-state index is 12.8. The number of aryl methyl sites for hydroxylation is 1. The van der Waals surface area contributed by atoms with Crippen molar-refractivity contribution in [3.05, 3.63) is 29.8 Å². The second-order valence-electron chi connectivity index (χ2n) is 12.6. The molecule has 1 N–H and O–H groups in total. The number of amides is 2. The van der Waals surface area contributed by atoms with Gasteiger partial charge in [0.2, 0.25) is 0 Å². The van der Waals surface area contributed by atoms with Crippen LogP contribution in [0, 0.1) is 6.92 Å². The van der Waals surface area contributed by atoms with E-state index >= 15 is 0 Å². The van der Waals surface area contributed by atoms with Crippen molar-refractivity contribution in [2.75, 3.05) is 38.1 Å². The van der Waals surface area contributed by atoms with E-state index in [1.165, 1.54) is 63.4 Å². The van der Waals surface area contributed by atoms with Gasteiger partial charge in [-0.15, -0.1) is 0 Å². The monoisotopic (exact) mass is 573 g/mol. The largest absolute Gasteiger partial charge is 0.350 e. The summed E-state index contributed by atoms with van der Waals surface area (Å²) in [6, 6.07) is 7.98. The van der Waals surface area contributed by atoms with Crippen LogP contribution in [0.15, 0.2) is 24.3 Å². The fourth-order valence-corrected chi connectivity index (χ4v) is 6.28. The average Bonchev–Trinajstić information content (AvgIpc) is 3.45. The maximum Gasteiger partial charge on any atom is 0.321 e. The summed E-state index contributed by atoms with van der Waals surface area (Å²) in [5.74, 6) is -0.650. The number of unbranched alkanes of at least 4 members (excludes halogenated alkanes) is 9. The Morgan fingerprint density at radius 3 is 2.15 bits per heavy atom. The SMILES string of the molecule is CCCCCCCCCCCCO[C@H]1O[C@H]([C@H](C)N2CCN(C(=O)Nc3ccc(C)cc3)CC2)[C@@H]2OC(C)(C)O[C@H]12. The van der Waals surface area contributed by atoms with Gasteiger partial charge in [-0.1, -0.05) is 82.4 Å². The lowest BCUT2D eigenvalue weighted by atomic mass is 10.0. The molecule has 0 saturated carbocycles. The average molecular weight is 574 g/mol. The summed E-state index contributed by atoms with van der Waals surface area (Å²) in [5, 5.41) is 3.02. The van der Waals surface area contributed by atoms with Crippen molar-refractivity contribution in [1.82, 2.24) is 9.80 Å². The van der Waals surface area contributed by atoms with Gasteiger partial charge in [-0.3, -0.25) is 4.90 Å². The molecule has 0 spiro atoms. The molecule has 3 aliphatic heterocycles. The van der Waals surface area contributed by atoms with Crippen LogP contribution in [0.5, 0.6) is 0 Å². The quantitative estimate of drug-likeness (QED) is 0.235. The number of carbonyl (C=O) groups excluding carboxylic acids is 1. The molecule has 5 atom stereocenters. The molecule has 0 bridgehead atoms. The van der Waals surface area contributed by atoms with Crippen molar-refractivity contribution in [3.8, 4) is 0 Å². The number of rotatable bonds is 15. The van der Waals surface area contributed by atoms with Crippen molar-refractivity contribution >= 4 is 11.7 Å². The first-order valence-corrected chi connectivity index (χ1v) is 16.3. The van der Waals surface area contributed by atoms with Crippen LogP contribution in [0.2, 0.25) is 0 Å². The van der Waals surface area contributed by atoms with Crippen molar-refractivity contribution in [3.63, 3.8) is 0 Å². The summed E-state index contributed by atoms with van der Waals surface area (Å²) in [5.41, 5.74) is 2.00. The molecule has 1 aromatic rings. The number of hydrogen-bond donors (Lipinski definition) is 1. The van der Waals surface area contributed by atoms with Gasteiger partial charge in [-0.05, 0) is 46.2 Å². The van der Waals surface area contributed by atoms with Crippen molar-refractivity contribution in [2.24, 2.45) is 0 Å². The highest BCUT2D eigenvalue weighted by atomic mass is 16.8. The first-order chi connectivity index (χ1) is 19.8. The number of anilines is 1. The van der Waals surface area contributed by atoms with Crippen molar-refractivity contribution in [1.29, 1.82) is 0 Å². The number of nitrogens with one attached hydrogen (secondary N) is 1. The van der Waals surface area contributed by atoms with Crippen LogP contribution in [0.1, 0.15) is 97.5 Å². The molecule has 0 radical (unpaired) electrons. The smallest absolute Gasteiger partial charge is 0.321 e.